The molecule has 6 nitrogen and oxygen atoms in total. The second-order valence-corrected chi connectivity index (χ2v) is 4.81. The Kier molecular flexibility index (Phi) is 3.68. The molecule has 1 aromatic heterocycles. The molecule has 7 heteroatoms. The highest BCUT2D eigenvalue weighted by Gasteiger charge is 2.16. The molecule has 1 saturated heterocycles. The number of thiazole rings is 1. The third-order valence-corrected chi connectivity index (χ3v) is 3.43. The Labute approximate surface area is 97.2 Å². The minimum absolute atomic E-state index is 0.0871. The summed E-state index contributed by atoms with van der Waals surface area (Å²) in [7, 11) is 0. The van der Waals surface area contributed by atoms with Crippen molar-refractivity contribution in [1.29, 1.82) is 0 Å². The molecule has 1 aromatic rings. The van der Waals surface area contributed by atoms with Crippen LogP contribution in [0.3, 0.4) is 0 Å². The van der Waals surface area contributed by atoms with E-state index in [1.54, 1.807) is 0 Å². The molecule has 2 N–H and O–H groups in total. The first-order valence-corrected chi connectivity index (χ1v) is 6.15. The van der Waals surface area contributed by atoms with Gasteiger partial charge in [-0.2, -0.15) is 0 Å². The Bertz CT molecular complexity index is 360. The van der Waals surface area contributed by atoms with Crippen molar-refractivity contribution < 1.29 is 4.92 Å². The highest BCUT2D eigenvalue weighted by Crippen LogP contribution is 2.26. The number of nitrogens with zero attached hydrogens (tertiary/aromatic N) is 2. The maximum Gasteiger partial charge on any atom is 0.345 e. The minimum Gasteiger partial charge on any atom is -0.357 e. The van der Waals surface area contributed by atoms with Crippen LogP contribution in [0.1, 0.15) is 19.3 Å². The number of nitro groups is 1. The molecule has 0 saturated carbocycles. The molecule has 0 bridgehead atoms. The summed E-state index contributed by atoms with van der Waals surface area (Å²) in [5, 5.41) is 17.8. The maximum atomic E-state index is 10.5. The van der Waals surface area contributed by atoms with Gasteiger partial charge in [-0.05, 0) is 30.7 Å². The van der Waals surface area contributed by atoms with Crippen molar-refractivity contribution in [3.63, 3.8) is 0 Å². The van der Waals surface area contributed by atoms with Gasteiger partial charge in [0.25, 0.3) is 0 Å². The Morgan fingerprint density at radius 1 is 1.62 bits per heavy atom. The first-order valence-electron chi connectivity index (χ1n) is 5.33. The number of hydrogen-bond acceptors (Lipinski definition) is 6. The second kappa shape index (κ2) is 5.22. The van der Waals surface area contributed by atoms with Crippen molar-refractivity contribution in [3.05, 3.63) is 16.3 Å². The van der Waals surface area contributed by atoms with Gasteiger partial charge in [0, 0.05) is 12.6 Å². The van der Waals surface area contributed by atoms with E-state index < -0.39 is 4.92 Å². The lowest BCUT2D eigenvalue weighted by atomic mass is 10.1. The number of anilines is 1. The molecule has 1 aliphatic rings. The summed E-state index contributed by atoms with van der Waals surface area (Å²) < 4.78 is 0. The molecule has 0 amide bonds. The summed E-state index contributed by atoms with van der Waals surface area (Å²) in [6, 6.07) is 0.327. The average Bonchev–Trinajstić information content (AvgIpc) is 2.56. The molecule has 16 heavy (non-hydrogen) atoms. The summed E-state index contributed by atoms with van der Waals surface area (Å²) in [6.07, 6.45) is 4.76. The zero-order valence-corrected chi connectivity index (χ0v) is 9.63. The van der Waals surface area contributed by atoms with Gasteiger partial charge in [-0.3, -0.25) is 10.1 Å². The molecule has 1 aliphatic heterocycles. The normalized spacial score (nSPS) is 21.4. The Hall–Kier alpha value is -1.21. The van der Waals surface area contributed by atoms with Crippen LogP contribution in [-0.2, 0) is 0 Å². The lowest BCUT2D eigenvalue weighted by Crippen LogP contribution is -2.30. The third kappa shape index (κ3) is 2.89. The smallest absolute Gasteiger partial charge is 0.345 e. The third-order valence-electron chi connectivity index (χ3n) is 2.55. The molecule has 88 valence electrons. The number of hydrogen-bond donors (Lipinski definition) is 2. The largest absolute Gasteiger partial charge is 0.357 e. The van der Waals surface area contributed by atoms with Crippen LogP contribution < -0.4 is 10.6 Å². The molecule has 2 heterocycles. The highest BCUT2D eigenvalue weighted by molar-refractivity contribution is 7.18. The molecule has 1 fully saturated rings. The molecule has 2 rings (SSSR count). The minimum atomic E-state index is -0.409. The van der Waals surface area contributed by atoms with Crippen molar-refractivity contribution in [2.24, 2.45) is 0 Å². The van der Waals surface area contributed by atoms with Crippen LogP contribution in [0.5, 0.6) is 0 Å². The first-order chi connectivity index (χ1) is 7.75. The van der Waals surface area contributed by atoms with Gasteiger partial charge in [-0.15, -0.1) is 0 Å². The van der Waals surface area contributed by atoms with Crippen LogP contribution in [0.25, 0.3) is 0 Å². The van der Waals surface area contributed by atoms with E-state index in [2.05, 4.69) is 15.6 Å². The van der Waals surface area contributed by atoms with Crippen molar-refractivity contribution in [2.75, 3.05) is 18.4 Å². The van der Waals surface area contributed by atoms with Crippen LogP contribution in [0.4, 0.5) is 10.1 Å². The Balaban J connectivity index is 1.94. The van der Waals surface area contributed by atoms with E-state index in [1.165, 1.54) is 19.0 Å². The van der Waals surface area contributed by atoms with Gasteiger partial charge in [0.15, 0.2) is 5.13 Å². The number of nitrogens with one attached hydrogen (secondary N) is 2. The zero-order chi connectivity index (χ0) is 11.4. The molecule has 0 spiro atoms. The molecular formula is C9H14N4O2S. The van der Waals surface area contributed by atoms with Crippen LogP contribution in [-0.4, -0.2) is 29.0 Å². The topological polar surface area (TPSA) is 80.1 Å². The van der Waals surface area contributed by atoms with E-state index in [0.717, 1.165) is 30.8 Å². The summed E-state index contributed by atoms with van der Waals surface area (Å²) in [5.41, 5.74) is 0. The van der Waals surface area contributed by atoms with Crippen LogP contribution in [0, 0.1) is 10.1 Å². The fourth-order valence-corrected chi connectivity index (χ4v) is 2.44. The zero-order valence-electron chi connectivity index (χ0n) is 8.81. The van der Waals surface area contributed by atoms with E-state index in [-0.39, 0.29) is 5.00 Å². The molecule has 1 atom stereocenters. The van der Waals surface area contributed by atoms with Gasteiger partial charge < -0.3 is 10.6 Å². The van der Waals surface area contributed by atoms with Gasteiger partial charge in [0.05, 0.1) is 4.92 Å². The molecular weight excluding hydrogens is 228 g/mol. The molecule has 1 unspecified atom stereocenters. The van der Waals surface area contributed by atoms with E-state index in [4.69, 9.17) is 0 Å². The molecule has 0 aromatic carbocycles. The van der Waals surface area contributed by atoms with Gasteiger partial charge in [-0.1, -0.05) is 6.42 Å². The van der Waals surface area contributed by atoms with Crippen LogP contribution in [0.2, 0.25) is 0 Å². The fourth-order valence-electron chi connectivity index (χ4n) is 1.73. The number of rotatable bonds is 3. The van der Waals surface area contributed by atoms with Crippen LogP contribution >= 0.6 is 11.3 Å². The Morgan fingerprint density at radius 3 is 3.25 bits per heavy atom. The summed E-state index contributed by atoms with van der Waals surface area (Å²) in [5.74, 6) is 0. The average molecular weight is 242 g/mol. The van der Waals surface area contributed by atoms with Gasteiger partial charge in [-0.25, -0.2) is 4.98 Å². The van der Waals surface area contributed by atoms with E-state index in [1.807, 2.05) is 0 Å². The van der Waals surface area contributed by atoms with Gasteiger partial charge >= 0.3 is 5.00 Å². The van der Waals surface area contributed by atoms with Crippen molar-refractivity contribution >= 4 is 21.5 Å². The lowest BCUT2D eigenvalue weighted by Gasteiger charge is -2.14. The quantitative estimate of drug-likeness (QED) is 0.621. The second-order valence-electron chi connectivity index (χ2n) is 3.80. The Morgan fingerprint density at radius 2 is 2.50 bits per heavy atom. The van der Waals surface area contributed by atoms with Gasteiger partial charge in [0.1, 0.15) is 6.20 Å². The van der Waals surface area contributed by atoms with Crippen molar-refractivity contribution in [3.8, 4) is 0 Å². The van der Waals surface area contributed by atoms with Crippen LogP contribution in [0.15, 0.2) is 6.20 Å². The summed E-state index contributed by atoms with van der Waals surface area (Å²) in [4.78, 5) is 14.1. The molecule has 0 aliphatic carbocycles. The van der Waals surface area contributed by atoms with E-state index in [9.17, 15) is 10.1 Å². The summed E-state index contributed by atoms with van der Waals surface area (Å²) >= 11 is 1.09. The van der Waals surface area contributed by atoms with Gasteiger partial charge in [0.2, 0.25) is 0 Å². The predicted molar refractivity (Wildman–Crippen MR) is 62.9 cm³/mol. The van der Waals surface area contributed by atoms with Crippen molar-refractivity contribution in [2.45, 2.75) is 25.3 Å². The lowest BCUT2D eigenvalue weighted by molar-refractivity contribution is -0.380. The standard InChI is InChI=1S/C9H14N4O2S/c14-13(15)8-6-11-9(16-8)12-7-3-1-2-4-10-5-7/h6-7,10H,1-5H2,(H,11,12). The van der Waals surface area contributed by atoms with E-state index in [0.29, 0.717) is 11.2 Å². The SMILES string of the molecule is O=[N+]([O-])c1cnc(NC2CCCCNC2)s1. The maximum absolute atomic E-state index is 10.5. The highest BCUT2D eigenvalue weighted by atomic mass is 32.1. The number of aromatic nitrogens is 1. The van der Waals surface area contributed by atoms with E-state index >= 15 is 0 Å². The van der Waals surface area contributed by atoms with Crippen molar-refractivity contribution in [1.82, 2.24) is 10.3 Å². The first kappa shape index (κ1) is 11.3. The molecule has 0 radical (unpaired) electrons. The predicted octanol–water partition coefficient (Wildman–Crippen LogP) is 1.61. The fraction of sp³-hybridized carbons (Fsp3) is 0.667. The monoisotopic (exact) mass is 242 g/mol. The summed E-state index contributed by atoms with van der Waals surface area (Å²) in [6.45, 7) is 1.95.